The topological polar surface area (TPSA) is 22.6 Å². The lowest BCUT2D eigenvalue weighted by atomic mass is 10.0. The van der Waals surface area contributed by atoms with Crippen molar-refractivity contribution >= 4 is 28.1 Å². The minimum Gasteiger partial charge on any atom is -0.348 e. The number of halogens is 1. The molecule has 3 aliphatic heterocycles. The molecule has 3 fully saturated rings. The average Bonchev–Trinajstić information content (AvgIpc) is 3.30. The Kier molecular flexibility index (Phi) is 5.09. The lowest BCUT2D eigenvalue weighted by molar-refractivity contribution is 0.111. The van der Waals surface area contributed by atoms with Crippen molar-refractivity contribution in [3.63, 3.8) is 0 Å². The van der Waals surface area contributed by atoms with Gasteiger partial charge in [0.05, 0.1) is 4.88 Å². The van der Waals surface area contributed by atoms with Gasteiger partial charge in [-0.2, -0.15) is 0 Å². The maximum Gasteiger partial charge on any atom is 0.187 e. The summed E-state index contributed by atoms with van der Waals surface area (Å²) in [5.41, 5.74) is 0. The van der Waals surface area contributed by atoms with Gasteiger partial charge < -0.3 is 4.90 Å². The quantitative estimate of drug-likeness (QED) is 0.825. The number of piperidine rings is 1. The predicted octanol–water partition coefficient (Wildman–Crippen LogP) is 3.46. The third kappa shape index (κ3) is 3.68. The van der Waals surface area contributed by atoms with Crippen LogP contribution in [0.1, 0.15) is 43.4 Å². The zero-order valence-corrected chi connectivity index (χ0v) is 15.4. The Labute approximate surface area is 148 Å². The van der Waals surface area contributed by atoms with Crippen LogP contribution in [0.5, 0.6) is 0 Å². The molecular formula is C17H27ClN4S. The maximum absolute atomic E-state index is 6.44. The first-order valence-corrected chi connectivity index (χ1v) is 10.4. The van der Waals surface area contributed by atoms with Gasteiger partial charge in [0.1, 0.15) is 5.15 Å². The van der Waals surface area contributed by atoms with E-state index in [1.54, 1.807) is 0 Å². The van der Waals surface area contributed by atoms with Crippen LogP contribution in [-0.4, -0.2) is 60.1 Å². The van der Waals surface area contributed by atoms with Crippen LogP contribution in [0.25, 0.3) is 0 Å². The van der Waals surface area contributed by atoms with Gasteiger partial charge in [0.2, 0.25) is 0 Å². The molecule has 1 unspecified atom stereocenters. The van der Waals surface area contributed by atoms with Crippen LogP contribution in [0, 0.1) is 0 Å². The van der Waals surface area contributed by atoms with Crippen LogP contribution < -0.4 is 4.90 Å². The third-order valence-electron chi connectivity index (χ3n) is 5.52. The number of hydrogen-bond acceptors (Lipinski definition) is 5. The van der Waals surface area contributed by atoms with Crippen LogP contribution >= 0.6 is 22.9 Å². The van der Waals surface area contributed by atoms with Gasteiger partial charge in [-0.3, -0.25) is 9.80 Å². The molecule has 0 saturated carbocycles. The number of rotatable bonds is 4. The molecule has 4 nitrogen and oxygen atoms in total. The molecule has 4 rings (SSSR count). The van der Waals surface area contributed by atoms with Gasteiger partial charge >= 0.3 is 0 Å². The maximum atomic E-state index is 6.44. The Morgan fingerprint density at radius 1 is 1.00 bits per heavy atom. The molecule has 3 saturated heterocycles. The van der Waals surface area contributed by atoms with Crippen molar-refractivity contribution in [2.75, 3.05) is 44.2 Å². The Morgan fingerprint density at radius 3 is 2.52 bits per heavy atom. The molecule has 0 aliphatic carbocycles. The molecule has 0 aromatic carbocycles. The summed E-state index contributed by atoms with van der Waals surface area (Å²) in [7, 11) is 0. The molecule has 0 amide bonds. The third-order valence-corrected chi connectivity index (χ3v) is 7.05. The number of aromatic nitrogens is 1. The molecule has 1 atom stereocenters. The highest BCUT2D eigenvalue weighted by molar-refractivity contribution is 7.16. The van der Waals surface area contributed by atoms with E-state index in [1.165, 1.54) is 69.6 Å². The van der Waals surface area contributed by atoms with Crippen LogP contribution in [0.4, 0.5) is 5.13 Å². The first kappa shape index (κ1) is 16.1. The normalized spacial score (nSPS) is 27.2. The highest BCUT2D eigenvalue weighted by Crippen LogP contribution is 2.33. The van der Waals surface area contributed by atoms with E-state index < -0.39 is 0 Å². The fourth-order valence-corrected chi connectivity index (χ4v) is 5.60. The molecule has 0 spiro atoms. The summed E-state index contributed by atoms with van der Waals surface area (Å²) in [4.78, 5) is 13.6. The Bertz CT molecular complexity index is 523. The first-order chi connectivity index (χ1) is 11.3. The van der Waals surface area contributed by atoms with Crippen molar-refractivity contribution < 1.29 is 0 Å². The van der Waals surface area contributed by atoms with E-state index >= 15 is 0 Å². The average molecular weight is 355 g/mol. The SMILES string of the molecule is Clc1nc(N2CCCC2)sc1CN1CCCC(N2CCCC2)C1. The van der Waals surface area contributed by atoms with E-state index in [0.29, 0.717) is 0 Å². The zero-order chi connectivity index (χ0) is 15.6. The van der Waals surface area contributed by atoms with E-state index in [-0.39, 0.29) is 0 Å². The number of nitrogens with zero attached hydrogens (tertiary/aromatic N) is 4. The molecule has 3 aliphatic rings. The van der Waals surface area contributed by atoms with Crippen LogP contribution in [0.2, 0.25) is 5.15 Å². The van der Waals surface area contributed by atoms with Gasteiger partial charge in [-0.15, -0.1) is 0 Å². The molecule has 128 valence electrons. The van der Waals surface area contributed by atoms with Crippen molar-refractivity contribution in [2.24, 2.45) is 0 Å². The van der Waals surface area contributed by atoms with Crippen molar-refractivity contribution in [2.45, 2.75) is 51.1 Å². The van der Waals surface area contributed by atoms with E-state index in [9.17, 15) is 0 Å². The molecule has 23 heavy (non-hydrogen) atoms. The molecule has 4 heterocycles. The second kappa shape index (κ2) is 7.26. The lowest BCUT2D eigenvalue weighted by Crippen LogP contribution is -2.46. The Hall–Kier alpha value is -0.360. The van der Waals surface area contributed by atoms with E-state index in [2.05, 4.69) is 19.7 Å². The Balaban J connectivity index is 1.39. The van der Waals surface area contributed by atoms with E-state index in [4.69, 9.17) is 11.6 Å². The molecular weight excluding hydrogens is 328 g/mol. The van der Waals surface area contributed by atoms with E-state index in [0.717, 1.165) is 36.0 Å². The summed E-state index contributed by atoms with van der Waals surface area (Å²) in [6.45, 7) is 8.28. The highest BCUT2D eigenvalue weighted by Gasteiger charge is 2.28. The van der Waals surface area contributed by atoms with Gasteiger partial charge in [-0.1, -0.05) is 22.9 Å². The summed E-state index contributed by atoms with van der Waals surface area (Å²) in [6, 6.07) is 0.760. The standard InChI is InChI=1S/C17H27ClN4S/c18-16-15(23-17(19-16)22-10-3-4-11-22)13-20-7-5-6-14(12-20)21-8-1-2-9-21/h14H,1-13H2. The minimum absolute atomic E-state index is 0.736. The van der Waals surface area contributed by atoms with Gasteiger partial charge in [-0.25, -0.2) is 4.98 Å². The molecule has 0 radical (unpaired) electrons. The zero-order valence-electron chi connectivity index (χ0n) is 13.8. The molecule has 1 aromatic heterocycles. The fraction of sp³-hybridized carbons (Fsp3) is 0.824. The highest BCUT2D eigenvalue weighted by atomic mass is 35.5. The van der Waals surface area contributed by atoms with E-state index in [1.807, 2.05) is 11.3 Å². The van der Waals surface area contributed by atoms with Crippen LogP contribution in [0.15, 0.2) is 0 Å². The summed E-state index contributed by atoms with van der Waals surface area (Å²) in [6.07, 6.45) is 8.03. The second-order valence-corrected chi connectivity index (χ2v) is 8.60. The number of likely N-dealkylation sites (tertiary alicyclic amines) is 2. The molecule has 6 heteroatoms. The van der Waals surface area contributed by atoms with Gasteiger partial charge in [0, 0.05) is 32.2 Å². The monoisotopic (exact) mass is 354 g/mol. The first-order valence-electron chi connectivity index (χ1n) is 9.16. The summed E-state index contributed by atoms with van der Waals surface area (Å²) in [5, 5.41) is 1.87. The molecule has 1 aromatic rings. The predicted molar refractivity (Wildman–Crippen MR) is 97.7 cm³/mol. The number of anilines is 1. The van der Waals surface area contributed by atoms with Gasteiger partial charge in [0.25, 0.3) is 0 Å². The second-order valence-electron chi connectivity index (χ2n) is 7.18. The largest absolute Gasteiger partial charge is 0.348 e. The van der Waals surface area contributed by atoms with Crippen molar-refractivity contribution in [1.82, 2.24) is 14.8 Å². The number of thiazole rings is 1. The fourth-order valence-electron chi connectivity index (χ4n) is 4.25. The van der Waals surface area contributed by atoms with Crippen LogP contribution in [0.3, 0.4) is 0 Å². The van der Waals surface area contributed by atoms with Crippen molar-refractivity contribution in [3.05, 3.63) is 10.0 Å². The summed E-state index contributed by atoms with van der Waals surface area (Å²) >= 11 is 8.25. The van der Waals surface area contributed by atoms with Crippen molar-refractivity contribution in [3.8, 4) is 0 Å². The number of hydrogen-bond donors (Lipinski definition) is 0. The Morgan fingerprint density at radius 2 is 1.74 bits per heavy atom. The molecule has 0 N–H and O–H groups in total. The van der Waals surface area contributed by atoms with Crippen LogP contribution in [-0.2, 0) is 6.54 Å². The molecule has 0 bridgehead atoms. The lowest BCUT2D eigenvalue weighted by Gasteiger charge is -2.37. The van der Waals surface area contributed by atoms with Crippen molar-refractivity contribution in [1.29, 1.82) is 0 Å². The van der Waals surface area contributed by atoms with Gasteiger partial charge in [-0.05, 0) is 58.2 Å². The minimum atomic E-state index is 0.736. The smallest absolute Gasteiger partial charge is 0.187 e. The van der Waals surface area contributed by atoms with Gasteiger partial charge in [0.15, 0.2) is 5.13 Å². The summed E-state index contributed by atoms with van der Waals surface area (Å²) in [5.74, 6) is 0. The summed E-state index contributed by atoms with van der Waals surface area (Å²) < 4.78 is 0.